The molecule has 0 aliphatic carbocycles. The van der Waals surface area contributed by atoms with Crippen molar-refractivity contribution in [1.82, 2.24) is 0 Å². The normalized spacial score (nSPS) is 19.7. The minimum absolute atomic E-state index is 0.153. The SMILES string of the molecule is COc1ccc(COOc2ccc(COO[C@H]3CO[C@@H]4C(OC(=O)c5ccc(OC(=O)c6ccc(OC)cc6)cc5)CO[C@H]34)cc2)cc1. The second kappa shape index (κ2) is 15.7. The van der Waals surface area contributed by atoms with Crippen LogP contribution in [0.2, 0.25) is 0 Å². The molecule has 12 heteroatoms. The van der Waals surface area contributed by atoms with E-state index in [9.17, 15) is 9.59 Å². The number of ether oxygens (including phenoxy) is 6. The first-order valence-electron chi connectivity index (χ1n) is 15.2. The number of methoxy groups -OCH3 is 2. The Morgan fingerprint density at radius 3 is 1.67 bits per heavy atom. The average Bonchev–Trinajstić information content (AvgIpc) is 3.72. The van der Waals surface area contributed by atoms with Gasteiger partial charge in [0.2, 0.25) is 0 Å². The molecule has 0 saturated carbocycles. The maximum Gasteiger partial charge on any atom is 0.343 e. The first-order chi connectivity index (χ1) is 23.5. The molecule has 2 aliphatic heterocycles. The maximum atomic E-state index is 12.9. The Kier molecular flexibility index (Phi) is 10.8. The van der Waals surface area contributed by atoms with Crippen LogP contribution in [-0.4, -0.2) is 63.8 Å². The summed E-state index contributed by atoms with van der Waals surface area (Å²) in [6, 6.07) is 27.4. The van der Waals surface area contributed by atoms with Crippen LogP contribution < -0.4 is 19.1 Å². The minimum Gasteiger partial charge on any atom is -0.497 e. The van der Waals surface area contributed by atoms with Crippen molar-refractivity contribution in [2.45, 2.75) is 37.6 Å². The summed E-state index contributed by atoms with van der Waals surface area (Å²) >= 11 is 0. The van der Waals surface area contributed by atoms with E-state index in [4.69, 9.17) is 48.0 Å². The number of hydrogen-bond acceptors (Lipinski definition) is 12. The first kappa shape index (κ1) is 32.9. The van der Waals surface area contributed by atoms with Gasteiger partial charge in [0.05, 0.1) is 38.6 Å². The highest BCUT2D eigenvalue weighted by Crippen LogP contribution is 2.31. The van der Waals surface area contributed by atoms with Crippen LogP contribution >= 0.6 is 0 Å². The molecule has 2 fully saturated rings. The number of fused-ring (bicyclic) bond motifs is 1. The summed E-state index contributed by atoms with van der Waals surface area (Å²) in [7, 11) is 3.16. The molecule has 0 amide bonds. The Balaban J connectivity index is 0.904. The number of carbonyl (C=O) groups excluding carboxylic acids is 2. The molecule has 2 saturated heterocycles. The van der Waals surface area contributed by atoms with Crippen molar-refractivity contribution in [2.75, 3.05) is 27.4 Å². The summed E-state index contributed by atoms with van der Waals surface area (Å²) in [5, 5.41) is 0. The first-order valence-corrected chi connectivity index (χ1v) is 15.2. The van der Waals surface area contributed by atoms with E-state index in [1.165, 1.54) is 24.3 Å². The molecule has 2 aliphatic rings. The largest absolute Gasteiger partial charge is 0.497 e. The fraction of sp³-hybridized carbons (Fsp3) is 0.278. The number of carbonyl (C=O) groups is 2. The molecule has 0 N–H and O–H groups in total. The average molecular weight is 659 g/mol. The van der Waals surface area contributed by atoms with Gasteiger partial charge in [0.25, 0.3) is 0 Å². The lowest BCUT2D eigenvalue weighted by Crippen LogP contribution is -2.35. The Labute approximate surface area is 276 Å². The van der Waals surface area contributed by atoms with Crippen LogP contribution in [0.15, 0.2) is 97.1 Å². The molecule has 6 rings (SSSR count). The van der Waals surface area contributed by atoms with Crippen molar-refractivity contribution >= 4 is 11.9 Å². The van der Waals surface area contributed by atoms with Crippen LogP contribution in [0, 0.1) is 0 Å². The lowest BCUT2D eigenvalue weighted by Gasteiger charge is -2.17. The van der Waals surface area contributed by atoms with Crippen LogP contribution in [-0.2, 0) is 42.1 Å². The number of benzene rings is 4. The Hall–Kier alpha value is -4.98. The van der Waals surface area contributed by atoms with Gasteiger partial charge in [-0.2, -0.15) is 4.89 Å². The van der Waals surface area contributed by atoms with Crippen molar-refractivity contribution in [2.24, 2.45) is 0 Å². The molecule has 0 spiro atoms. The van der Waals surface area contributed by atoms with Crippen molar-refractivity contribution < 1.29 is 57.6 Å². The second-order valence-corrected chi connectivity index (χ2v) is 10.9. The second-order valence-electron chi connectivity index (χ2n) is 10.9. The number of hydrogen-bond donors (Lipinski definition) is 0. The molecule has 4 aromatic carbocycles. The third-order valence-corrected chi connectivity index (χ3v) is 7.73. The maximum absolute atomic E-state index is 12.9. The topological polar surface area (TPSA) is 126 Å². The number of esters is 2. The molecular formula is C36H34O12. The Bertz CT molecular complexity index is 1640. The molecule has 12 nitrogen and oxygen atoms in total. The van der Waals surface area contributed by atoms with Crippen LogP contribution in [0.3, 0.4) is 0 Å². The van der Waals surface area contributed by atoms with Crippen LogP contribution in [0.1, 0.15) is 31.8 Å². The van der Waals surface area contributed by atoms with Crippen LogP contribution in [0.25, 0.3) is 0 Å². The van der Waals surface area contributed by atoms with E-state index in [-0.39, 0.29) is 37.7 Å². The predicted octanol–water partition coefficient (Wildman–Crippen LogP) is 5.27. The van der Waals surface area contributed by atoms with Crippen molar-refractivity contribution in [3.05, 3.63) is 119 Å². The third-order valence-electron chi connectivity index (χ3n) is 7.73. The molecule has 0 bridgehead atoms. The van der Waals surface area contributed by atoms with Gasteiger partial charge >= 0.3 is 11.9 Å². The standard InChI is InChI=1S/C36H34O12/c1-39-27-11-3-23(4-12-27)19-43-47-30-13-5-24(6-14-30)20-44-48-32-22-42-33-31(21-41-34(32)33)46-36(38)26-9-17-29(18-10-26)45-35(37)25-7-15-28(40-2)16-8-25/h3-18,31-34H,19-22H2,1-2H3/t31?,32-,33+,34+/m0/s1. The Morgan fingerprint density at radius 1 is 0.583 bits per heavy atom. The fourth-order valence-corrected chi connectivity index (χ4v) is 5.09. The van der Waals surface area contributed by atoms with Crippen molar-refractivity contribution in [3.8, 4) is 23.0 Å². The van der Waals surface area contributed by atoms with E-state index in [0.717, 1.165) is 16.9 Å². The van der Waals surface area contributed by atoms with Gasteiger partial charge in [-0.3, -0.25) is 0 Å². The lowest BCUT2D eigenvalue weighted by atomic mass is 10.1. The van der Waals surface area contributed by atoms with E-state index in [1.54, 1.807) is 50.6 Å². The summed E-state index contributed by atoms with van der Waals surface area (Å²) in [6.07, 6.45) is -2.07. The fourth-order valence-electron chi connectivity index (χ4n) is 5.09. The van der Waals surface area contributed by atoms with E-state index in [0.29, 0.717) is 17.1 Å². The summed E-state index contributed by atoms with van der Waals surface area (Å²) in [4.78, 5) is 47.0. The zero-order valence-corrected chi connectivity index (χ0v) is 26.3. The van der Waals surface area contributed by atoms with E-state index >= 15 is 0 Å². The zero-order chi connectivity index (χ0) is 33.3. The van der Waals surface area contributed by atoms with Gasteiger partial charge in [-0.1, -0.05) is 24.3 Å². The molecule has 1 unspecified atom stereocenters. The van der Waals surface area contributed by atoms with Gasteiger partial charge in [0.1, 0.15) is 48.8 Å². The van der Waals surface area contributed by atoms with E-state index < -0.39 is 36.4 Å². The highest BCUT2D eigenvalue weighted by atomic mass is 17.2. The van der Waals surface area contributed by atoms with Gasteiger partial charge < -0.3 is 33.3 Å². The summed E-state index contributed by atoms with van der Waals surface area (Å²) in [6.45, 7) is 0.843. The quantitative estimate of drug-likeness (QED) is 0.0758. The minimum atomic E-state index is -0.622. The molecular weight excluding hydrogens is 624 g/mol. The lowest BCUT2D eigenvalue weighted by molar-refractivity contribution is -0.341. The summed E-state index contributed by atoms with van der Waals surface area (Å²) < 4.78 is 33.0. The van der Waals surface area contributed by atoms with Gasteiger partial charge in [-0.25, -0.2) is 19.4 Å². The Morgan fingerprint density at radius 2 is 1.06 bits per heavy atom. The molecule has 48 heavy (non-hydrogen) atoms. The molecule has 250 valence electrons. The van der Waals surface area contributed by atoms with Gasteiger partial charge in [0.15, 0.2) is 11.9 Å². The third kappa shape index (κ3) is 8.29. The van der Waals surface area contributed by atoms with Crippen LogP contribution in [0.5, 0.6) is 23.0 Å². The van der Waals surface area contributed by atoms with Gasteiger partial charge in [-0.05, 0) is 83.9 Å². The predicted molar refractivity (Wildman–Crippen MR) is 168 cm³/mol. The summed E-state index contributed by atoms with van der Waals surface area (Å²) in [5.41, 5.74) is 2.46. The van der Waals surface area contributed by atoms with Crippen molar-refractivity contribution in [3.63, 3.8) is 0 Å². The van der Waals surface area contributed by atoms with Gasteiger partial charge in [-0.15, -0.1) is 0 Å². The highest BCUT2D eigenvalue weighted by Gasteiger charge is 2.50. The molecule has 0 radical (unpaired) electrons. The molecule has 2 heterocycles. The molecule has 0 aromatic heterocycles. The highest BCUT2D eigenvalue weighted by molar-refractivity contribution is 5.92. The number of rotatable bonds is 14. The van der Waals surface area contributed by atoms with Crippen molar-refractivity contribution in [1.29, 1.82) is 0 Å². The van der Waals surface area contributed by atoms with E-state index in [2.05, 4.69) is 0 Å². The zero-order valence-electron chi connectivity index (χ0n) is 26.3. The smallest absolute Gasteiger partial charge is 0.343 e. The van der Waals surface area contributed by atoms with Crippen LogP contribution in [0.4, 0.5) is 0 Å². The molecule has 4 atom stereocenters. The van der Waals surface area contributed by atoms with E-state index in [1.807, 2.05) is 36.4 Å². The van der Waals surface area contributed by atoms with Gasteiger partial charge in [0, 0.05) is 0 Å². The summed E-state index contributed by atoms with van der Waals surface area (Å²) in [5.74, 6) is 1.15. The monoisotopic (exact) mass is 658 g/mol. The molecule has 4 aromatic rings.